The van der Waals surface area contributed by atoms with Crippen molar-refractivity contribution in [2.45, 2.75) is 19.4 Å². The van der Waals surface area contributed by atoms with Crippen LogP contribution >= 0.6 is 0 Å². The molecule has 6 nitrogen and oxygen atoms in total. The van der Waals surface area contributed by atoms with Crippen LogP contribution in [0.15, 0.2) is 66.7 Å². The van der Waals surface area contributed by atoms with Crippen LogP contribution in [0.1, 0.15) is 25.0 Å². The predicted octanol–water partition coefficient (Wildman–Crippen LogP) is 4.52. The first-order valence-electron chi connectivity index (χ1n) is 10.0. The number of amides is 1. The average Bonchev–Trinajstić information content (AvgIpc) is 2.76. The molecule has 1 amide bonds. The lowest BCUT2D eigenvalue weighted by molar-refractivity contribution is 0.0665. The standard InChI is InChI=1S/C24H27NO5/c1-17(12-13-26)23(19-8-4-9-20(16-19)29-15-14-27)30-24(28)25-22-11-5-7-18-6-2-3-10-21(18)22/h2-11,16-17,23,26-27H,12-15H2,1H3,(H,25,28)/t17-,23-/m0/s1. The van der Waals surface area contributed by atoms with Gasteiger partial charge in [-0.1, -0.05) is 55.5 Å². The molecule has 0 bridgehead atoms. The second-order valence-corrected chi connectivity index (χ2v) is 7.11. The molecule has 0 fully saturated rings. The van der Waals surface area contributed by atoms with Crippen LogP contribution in [-0.4, -0.2) is 36.1 Å². The first-order chi connectivity index (χ1) is 14.6. The molecule has 0 aliphatic rings. The Morgan fingerprint density at radius 3 is 2.57 bits per heavy atom. The van der Waals surface area contributed by atoms with Crippen LogP contribution < -0.4 is 10.1 Å². The Balaban J connectivity index is 1.80. The number of fused-ring (bicyclic) bond motifs is 1. The van der Waals surface area contributed by atoms with Crippen LogP contribution in [0.2, 0.25) is 0 Å². The summed E-state index contributed by atoms with van der Waals surface area (Å²) in [6.07, 6.45) is -0.652. The van der Waals surface area contributed by atoms with Gasteiger partial charge in [0.2, 0.25) is 0 Å². The van der Waals surface area contributed by atoms with Crippen LogP contribution in [0.5, 0.6) is 5.75 Å². The number of hydrogen-bond donors (Lipinski definition) is 3. The molecular formula is C24H27NO5. The molecule has 0 aliphatic heterocycles. The number of carbonyl (C=O) groups is 1. The minimum atomic E-state index is -0.567. The number of rotatable bonds is 9. The van der Waals surface area contributed by atoms with E-state index >= 15 is 0 Å². The van der Waals surface area contributed by atoms with Crippen LogP contribution in [-0.2, 0) is 4.74 Å². The van der Waals surface area contributed by atoms with Gasteiger partial charge in [-0.15, -0.1) is 0 Å². The third-order valence-corrected chi connectivity index (χ3v) is 4.91. The first kappa shape index (κ1) is 21.6. The Kier molecular flexibility index (Phi) is 7.65. The molecule has 6 heteroatoms. The number of aliphatic hydroxyl groups excluding tert-OH is 2. The highest BCUT2D eigenvalue weighted by molar-refractivity contribution is 6.00. The molecule has 0 aliphatic carbocycles. The third-order valence-electron chi connectivity index (χ3n) is 4.91. The first-order valence-corrected chi connectivity index (χ1v) is 10.0. The van der Waals surface area contributed by atoms with Crippen molar-refractivity contribution in [1.29, 1.82) is 0 Å². The quantitative estimate of drug-likeness (QED) is 0.484. The van der Waals surface area contributed by atoms with E-state index in [9.17, 15) is 9.90 Å². The fourth-order valence-corrected chi connectivity index (χ4v) is 3.40. The molecule has 2 atom stereocenters. The van der Waals surface area contributed by atoms with Crippen molar-refractivity contribution in [3.05, 3.63) is 72.3 Å². The lowest BCUT2D eigenvalue weighted by atomic mass is 9.94. The maximum absolute atomic E-state index is 12.7. The van der Waals surface area contributed by atoms with E-state index in [2.05, 4.69) is 5.32 Å². The van der Waals surface area contributed by atoms with Gasteiger partial charge in [0.25, 0.3) is 0 Å². The normalized spacial score (nSPS) is 12.9. The fourth-order valence-electron chi connectivity index (χ4n) is 3.40. The summed E-state index contributed by atoms with van der Waals surface area (Å²) in [7, 11) is 0. The zero-order valence-corrected chi connectivity index (χ0v) is 17.0. The maximum atomic E-state index is 12.7. The minimum Gasteiger partial charge on any atom is -0.491 e. The van der Waals surface area contributed by atoms with Gasteiger partial charge in [0.05, 0.1) is 12.3 Å². The summed E-state index contributed by atoms with van der Waals surface area (Å²) >= 11 is 0. The smallest absolute Gasteiger partial charge is 0.412 e. The molecular weight excluding hydrogens is 382 g/mol. The Bertz CT molecular complexity index is 969. The van der Waals surface area contributed by atoms with E-state index in [0.29, 0.717) is 17.9 Å². The summed E-state index contributed by atoms with van der Waals surface area (Å²) in [4.78, 5) is 12.7. The van der Waals surface area contributed by atoms with Gasteiger partial charge < -0.3 is 19.7 Å². The van der Waals surface area contributed by atoms with E-state index in [1.165, 1.54) is 0 Å². The van der Waals surface area contributed by atoms with Crippen molar-refractivity contribution in [3.63, 3.8) is 0 Å². The Morgan fingerprint density at radius 1 is 1.00 bits per heavy atom. The Hall–Kier alpha value is -3.09. The second-order valence-electron chi connectivity index (χ2n) is 7.11. The minimum absolute atomic E-state index is 0.00727. The van der Waals surface area contributed by atoms with Gasteiger partial charge in [0.1, 0.15) is 18.5 Å². The molecule has 0 heterocycles. The number of nitrogens with one attached hydrogen (secondary N) is 1. The van der Waals surface area contributed by atoms with E-state index in [0.717, 1.165) is 16.3 Å². The average molecular weight is 409 g/mol. The number of hydrogen-bond acceptors (Lipinski definition) is 5. The monoisotopic (exact) mass is 409 g/mol. The van der Waals surface area contributed by atoms with Gasteiger partial charge in [-0.2, -0.15) is 0 Å². The van der Waals surface area contributed by atoms with Crippen molar-refractivity contribution in [2.75, 3.05) is 25.1 Å². The zero-order chi connectivity index (χ0) is 21.3. The summed E-state index contributed by atoms with van der Waals surface area (Å²) in [5, 5.41) is 23.1. The number of benzene rings is 3. The second kappa shape index (κ2) is 10.6. The summed E-state index contributed by atoms with van der Waals surface area (Å²) < 4.78 is 11.3. The van der Waals surface area contributed by atoms with Gasteiger partial charge in [0, 0.05) is 12.0 Å². The number of ether oxygens (including phenoxy) is 2. The summed E-state index contributed by atoms with van der Waals surface area (Å²) in [6, 6.07) is 20.7. The van der Waals surface area contributed by atoms with Crippen molar-refractivity contribution >= 4 is 22.6 Å². The van der Waals surface area contributed by atoms with E-state index in [1.54, 1.807) is 12.1 Å². The number of aliphatic hydroxyl groups is 2. The fraction of sp³-hybridized carbons (Fsp3) is 0.292. The topological polar surface area (TPSA) is 88.0 Å². The molecule has 0 saturated carbocycles. The molecule has 0 unspecified atom stereocenters. The number of carbonyl (C=O) groups excluding carboxylic acids is 1. The molecule has 3 aromatic rings. The molecule has 0 radical (unpaired) electrons. The van der Waals surface area contributed by atoms with Crippen molar-refractivity contribution in [1.82, 2.24) is 0 Å². The molecule has 0 spiro atoms. The molecule has 3 rings (SSSR count). The van der Waals surface area contributed by atoms with Gasteiger partial charge >= 0.3 is 6.09 Å². The highest BCUT2D eigenvalue weighted by atomic mass is 16.6. The van der Waals surface area contributed by atoms with Gasteiger partial charge in [-0.05, 0) is 41.5 Å². The van der Waals surface area contributed by atoms with Gasteiger partial charge in [-0.25, -0.2) is 4.79 Å². The molecule has 3 aromatic carbocycles. The van der Waals surface area contributed by atoms with E-state index < -0.39 is 12.2 Å². The lowest BCUT2D eigenvalue weighted by Crippen LogP contribution is -2.22. The van der Waals surface area contributed by atoms with Crippen LogP contribution in [0.25, 0.3) is 10.8 Å². The van der Waals surface area contributed by atoms with Gasteiger partial charge in [0.15, 0.2) is 0 Å². The summed E-state index contributed by atoms with van der Waals surface area (Å²) in [5.41, 5.74) is 1.44. The molecule has 0 aromatic heterocycles. The lowest BCUT2D eigenvalue weighted by Gasteiger charge is -2.25. The maximum Gasteiger partial charge on any atom is 0.412 e. The van der Waals surface area contributed by atoms with Crippen molar-refractivity contribution in [2.24, 2.45) is 5.92 Å². The highest BCUT2D eigenvalue weighted by Gasteiger charge is 2.24. The van der Waals surface area contributed by atoms with E-state index in [4.69, 9.17) is 14.6 Å². The number of anilines is 1. The predicted molar refractivity (Wildman–Crippen MR) is 117 cm³/mol. The highest BCUT2D eigenvalue weighted by Crippen LogP contribution is 2.31. The molecule has 30 heavy (non-hydrogen) atoms. The van der Waals surface area contributed by atoms with E-state index in [-0.39, 0.29) is 25.7 Å². The van der Waals surface area contributed by atoms with Crippen LogP contribution in [0, 0.1) is 5.92 Å². The molecule has 0 saturated heterocycles. The van der Waals surface area contributed by atoms with Crippen molar-refractivity contribution < 1.29 is 24.5 Å². The van der Waals surface area contributed by atoms with Crippen molar-refractivity contribution in [3.8, 4) is 5.75 Å². The summed E-state index contributed by atoms with van der Waals surface area (Å²) in [6.45, 7) is 2.02. The molecule has 158 valence electrons. The van der Waals surface area contributed by atoms with Gasteiger partial charge in [-0.3, -0.25) is 5.32 Å². The van der Waals surface area contributed by atoms with E-state index in [1.807, 2.05) is 61.5 Å². The summed E-state index contributed by atoms with van der Waals surface area (Å²) in [5.74, 6) is 0.474. The Morgan fingerprint density at radius 2 is 1.77 bits per heavy atom. The largest absolute Gasteiger partial charge is 0.491 e. The molecule has 3 N–H and O–H groups in total. The Labute approximate surface area is 176 Å². The van der Waals surface area contributed by atoms with Crippen LogP contribution in [0.3, 0.4) is 0 Å². The zero-order valence-electron chi connectivity index (χ0n) is 17.0. The SMILES string of the molecule is C[C@@H](CCO)[C@H](OC(=O)Nc1cccc2ccccc12)c1cccc(OCCO)c1. The third kappa shape index (κ3) is 5.49. The van der Waals surface area contributed by atoms with Crippen LogP contribution in [0.4, 0.5) is 10.5 Å².